The summed E-state index contributed by atoms with van der Waals surface area (Å²) in [6, 6.07) is 4.92. The van der Waals surface area contributed by atoms with Crippen LogP contribution in [0.2, 0.25) is 0 Å². The molecule has 1 aromatic rings. The SMILES string of the molecule is Cc1cc(NCCCl)ccc1F. The molecule has 0 aliphatic carbocycles. The molecular weight excluding hydrogens is 177 g/mol. The lowest BCUT2D eigenvalue weighted by Crippen LogP contribution is -2.02. The van der Waals surface area contributed by atoms with Crippen molar-refractivity contribution in [2.75, 3.05) is 17.7 Å². The molecule has 0 aromatic heterocycles. The molecule has 1 rings (SSSR count). The van der Waals surface area contributed by atoms with E-state index in [0.29, 0.717) is 18.0 Å². The van der Waals surface area contributed by atoms with Gasteiger partial charge >= 0.3 is 0 Å². The van der Waals surface area contributed by atoms with Crippen LogP contribution < -0.4 is 5.32 Å². The summed E-state index contributed by atoms with van der Waals surface area (Å²) in [6.07, 6.45) is 0. The van der Waals surface area contributed by atoms with Crippen molar-refractivity contribution in [3.05, 3.63) is 29.6 Å². The number of nitrogens with one attached hydrogen (secondary N) is 1. The Labute approximate surface area is 76.5 Å². The minimum absolute atomic E-state index is 0.175. The Balaban J connectivity index is 2.69. The van der Waals surface area contributed by atoms with Gasteiger partial charge in [0.2, 0.25) is 0 Å². The van der Waals surface area contributed by atoms with Crippen molar-refractivity contribution < 1.29 is 4.39 Å². The molecule has 3 heteroatoms. The van der Waals surface area contributed by atoms with Crippen LogP contribution in [0.1, 0.15) is 5.56 Å². The average molecular weight is 188 g/mol. The second-order valence-electron chi connectivity index (χ2n) is 2.58. The number of halogens is 2. The standard InChI is InChI=1S/C9H11ClFN/c1-7-6-8(12-5-4-10)2-3-9(7)11/h2-3,6,12H,4-5H2,1H3. The quantitative estimate of drug-likeness (QED) is 0.718. The first-order chi connectivity index (χ1) is 5.74. The van der Waals surface area contributed by atoms with Crippen LogP contribution in [0.4, 0.5) is 10.1 Å². The highest BCUT2D eigenvalue weighted by Crippen LogP contribution is 2.12. The molecule has 0 atom stereocenters. The van der Waals surface area contributed by atoms with Crippen molar-refractivity contribution in [3.8, 4) is 0 Å². The lowest BCUT2D eigenvalue weighted by molar-refractivity contribution is 0.618. The van der Waals surface area contributed by atoms with Crippen LogP contribution in [0, 0.1) is 12.7 Å². The van der Waals surface area contributed by atoms with Gasteiger partial charge < -0.3 is 5.32 Å². The van der Waals surface area contributed by atoms with Crippen LogP contribution in [0.3, 0.4) is 0 Å². The summed E-state index contributed by atoms with van der Waals surface area (Å²) in [5.74, 6) is 0.377. The normalized spacial score (nSPS) is 9.92. The van der Waals surface area contributed by atoms with Crippen molar-refractivity contribution in [1.29, 1.82) is 0 Å². The first-order valence-electron chi connectivity index (χ1n) is 3.80. The Morgan fingerprint density at radius 3 is 2.83 bits per heavy atom. The molecule has 1 aromatic carbocycles. The Kier molecular flexibility index (Phi) is 3.35. The van der Waals surface area contributed by atoms with Crippen molar-refractivity contribution in [3.63, 3.8) is 0 Å². The van der Waals surface area contributed by atoms with Crippen LogP contribution in [-0.4, -0.2) is 12.4 Å². The fourth-order valence-corrected chi connectivity index (χ4v) is 1.04. The third-order valence-corrected chi connectivity index (χ3v) is 1.77. The van der Waals surface area contributed by atoms with E-state index in [4.69, 9.17) is 11.6 Å². The molecule has 0 fully saturated rings. The van der Waals surface area contributed by atoms with Gasteiger partial charge in [-0.3, -0.25) is 0 Å². The van der Waals surface area contributed by atoms with Crippen LogP contribution in [-0.2, 0) is 0 Å². The van der Waals surface area contributed by atoms with E-state index >= 15 is 0 Å². The van der Waals surface area contributed by atoms with E-state index < -0.39 is 0 Å². The molecule has 0 aliphatic heterocycles. The third-order valence-electron chi connectivity index (χ3n) is 1.58. The molecule has 66 valence electrons. The van der Waals surface area contributed by atoms with Gasteiger partial charge in [-0.25, -0.2) is 4.39 Å². The van der Waals surface area contributed by atoms with E-state index in [-0.39, 0.29) is 5.82 Å². The molecular formula is C9H11ClFN. The zero-order valence-corrected chi connectivity index (χ0v) is 7.66. The maximum absolute atomic E-state index is 12.8. The van der Waals surface area contributed by atoms with Crippen LogP contribution in [0.15, 0.2) is 18.2 Å². The van der Waals surface area contributed by atoms with Crippen molar-refractivity contribution in [2.45, 2.75) is 6.92 Å². The Morgan fingerprint density at radius 2 is 2.25 bits per heavy atom. The molecule has 0 radical (unpaired) electrons. The molecule has 0 saturated carbocycles. The number of benzene rings is 1. The van der Waals surface area contributed by atoms with Crippen molar-refractivity contribution in [2.24, 2.45) is 0 Å². The zero-order valence-electron chi connectivity index (χ0n) is 6.90. The number of hydrogen-bond donors (Lipinski definition) is 1. The average Bonchev–Trinajstić information content (AvgIpc) is 2.07. The number of rotatable bonds is 3. The lowest BCUT2D eigenvalue weighted by atomic mass is 10.2. The molecule has 0 spiro atoms. The molecule has 0 bridgehead atoms. The van der Waals surface area contributed by atoms with Crippen LogP contribution in [0.25, 0.3) is 0 Å². The van der Waals surface area contributed by atoms with Gasteiger partial charge in [0.05, 0.1) is 0 Å². The highest BCUT2D eigenvalue weighted by molar-refractivity contribution is 6.18. The second-order valence-corrected chi connectivity index (χ2v) is 2.96. The highest BCUT2D eigenvalue weighted by Gasteiger charge is 1.97. The lowest BCUT2D eigenvalue weighted by Gasteiger charge is -2.04. The summed E-state index contributed by atoms with van der Waals surface area (Å²) in [5.41, 5.74) is 1.56. The minimum Gasteiger partial charge on any atom is -0.384 e. The number of hydrogen-bond acceptors (Lipinski definition) is 1. The maximum Gasteiger partial charge on any atom is 0.126 e. The van der Waals surface area contributed by atoms with Gasteiger partial charge in [-0.2, -0.15) is 0 Å². The van der Waals surface area contributed by atoms with Gasteiger partial charge in [-0.05, 0) is 30.7 Å². The predicted octanol–water partition coefficient (Wildman–Crippen LogP) is 2.78. The van der Waals surface area contributed by atoms with E-state index in [0.717, 1.165) is 5.69 Å². The van der Waals surface area contributed by atoms with Crippen LogP contribution >= 0.6 is 11.6 Å². The molecule has 0 unspecified atom stereocenters. The molecule has 0 aliphatic rings. The largest absolute Gasteiger partial charge is 0.384 e. The van der Waals surface area contributed by atoms with Crippen molar-refractivity contribution >= 4 is 17.3 Å². The molecule has 1 nitrogen and oxygen atoms in total. The molecule has 1 N–H and O–H groups in total. The fraction of sp³-hybridized carbons (Fsp3) is 0.333. The van der Waals surface area contributed by atoms with E-state index in [1.54, 1.807) is 19.1 Å². The number of aryl methyl sites for hydroxylation is 1. The third kappa shape index (κ3) is 2.38. The highest BCUT2D eigenvalue weighted by atomic mass is 35.5. The van der Waals surface area contributed by atoms with Gasteiger partial charge in [-0.1, -0.05) is 0 Å². The van der Waals surface area contributed by atoms with E-state index in [2.05, 4.69) is 5.32 Å². The smallest absolute Gasteiger partial charge is 0.126 e. The summed E-state index contributed by atoms with van der Waals surface area (Å²) in [6.45, 7) is 2.44. The van der Waals surface area contributed by atoms with Gasteiger partial charge in [-0.15, -0.1) is 11.6 Å². The van der Waals surface area contributed by atoms with E-state index in [1.807, 2.05) is 0 Å². The zero-order chi connectivity index (χ0) is 8.97. The topological polar surface area (TPSA) is 12.0 Å². The number of anilines is 1. The minimum atomic E-state index is -0.175. The molecule has 12 heavy (non-hydrogen) atoms. The summed E-state index contributed by atoms with van der Waals surface area (Å²) >= 11 is 5.49. The Hall–Kier alpha value is -0.760. The maximum atomic E-state index is 12.8. The molecule has 0 amide bonds. The van der Waals surface area contributed by atoms with E-state index in [9.17, 15) is 4.39 Å². The Bertz CT molecular complexity index is 263. The molecule has 0 saturated heterocycles. The first kappa shape index (κ1) is 9.33. The van der Waals surface area contributed by atoms with Gasteiger partial charge in [0, 0.05) is 18.1 Å². The van der Waals surface area contributed by atoms with E-state index in [1.165, 1.54) is 6.07 Å². The summed E-state index contributed by atoms with van der Waals surface area (Å²) in [5, 5.41) is 3.06. The van der Waals surface area contributed by atoms with Gasteiger partial charge in [0.1, 0.15) is 5.82 Å². The van der Waals surface area contributed by atoms with Crippen LogP contribution in [0.5, 0.6) is 0 Å². The first-order valence-corrected chi connectivity index (χ1v) is 4.33. The van der Waals surface area contributed by atoms with Gasteiger partial charge in [0.15, 0.2) is 0 Å². The summed E-state index contributed by atoms with van der Waals surface area (Å²) in [7, 11) is 0. The van der Waals surface area contributed by atoms with Crippen molar-refractivity contribution in [1.82, 2.24) is 0 Å². The molecule has 0 heterocycles. The second kappa shape index (κ2) is 4.31. The van der Waals surface area contributed by atoms with Gasteiger partial charge in [0.25, 0.3) is 0 Å². The predicted molar refractivity (Wildman–Crippen MR) is 50.3 cm³/mol. The monoisotopic (exact) mass is 187 g/mol. The Morgan fingerprint density at radius 1 is 1.50 bits per heavy atom. The number of alkyl halides is 1. The fourth-order valence-electron chi connectivity index (χ4n) is 0.946. The summed E-state index contributed by atoms with van der Waals surface area (Å²) in [4.78, 5) is 0. The summed E-state index contributed by atoms with van der Waals surface area (Å²) < 4.78 is 12.8.